The van der Waals surface area contributed by atoms with Gasteiger partial charge in [-0.1, -0.05) is 250 Å². The Hall–Kier alpha value is -4.71. The fourth-order valence-corrected chi connectivity index (χ4v) is 8.00. The van der Waals surface area contributed by atoms with Crippen LogP contribution >= 0.6 is 0 Å². The maximum absolute atomic E-state index is 12.8. The molecule has 0 aliphatic rings. The summed E-state index contributed by atoms with van der Waals surface area (Å²) >= 11 is 0. The van der Waals surface area contributed by atoms with Crippen LogP contribution in [-0.2, 0) is 28.6 Å². The van der Waals surface area contributed by atoms with E-state index in [0.717, 1.165) is 141 Å². The minimum absolute atomic E-state index is 0.103. The number of esters is 3. The van der Waals surface area contributed by atoms with Gasteiger partial charge in [0.15, 0.2) is 6.10 Å². The lowest BCUT2D eigenvalue weighted by Crippen LogP contribution is -2.30. The van der Waals surface area contributed by atoms with E-state index in [0.29, 0.717) is 19.3 Å². The van der Waals surface area contributed by atoms with E-state index in [1.807, 2.05) is 0 Å². The van der Waals surface area contributed by atoms with Crippen molar-refractivity contribution in [1.29, 1.82) is 0 Å². The van der Waals surface area contributed by atoms with E-state index in [2.05, 4.69) is 167 Å². The zero-order valence-electron chi connectivity index (χ0n) is 49.0. The predicted octanol–water partition coefficient (Wildman–Crippen LogP) is 21.2. The lowest BCUT2D eigenvalue weighted by Gasteiger charge is -2.18. The molecule has 0 rings (SSSR count). The Morgan fingerprint density at radius 2 is 0.513 bits per heavy atom. The van der Waals surface area contributed by atoms with E-state index < -0.39 is 6.10 Å². The Labute approximate surface area is 467 Å². The molecule has 0 saturated carbocycles. The van der Waals surface area contributed by atoms with Gasteiger partial charge in [0.2, 0.25) is 0 Å². The number of hydrogen-bond acceptors (Lipinski definition) is 6. The molecule has 0 aliphatic heterocycles. The quantitative estimate of drug-likeness (QED) is 0.0261. The molecule has 0 spiro atoms. The number of carbonyl (C=O) groups excluding carboxylic acids is 3. The molecule has 428 valence electrons. The minimum Gasteiger partial charge on any atom is -0.462 e. The van der Waals surface area contributed by atoms with Crippen LogP contribution in [0.25, 0.3) is 0 Å². The highest BCUT2D eigenvalue weighted by molar-refractivity contribution is 5.71. The third kappa shape index (κ3) is 60.2. The molecular weight excluding hydrogens is 937 g/mol. The second kappa shape index (κ2) is 62.8. The van der Waals surface area contributed by atoms with Gasteiger partial charge in [0.25, 0.3) is 0 Å². The Kier molecular flexibility index (Phi) is 58.9. The summed E-state index contributed by atoms with van der Waals surface area (Å²) in [4.78, 5) is 38.1. The van der Waals surface area contributed by atoms with Crippen LogP contribution < -0.4 is 0 Å². The molecule has 0 aromatic heterocycles. The first kappa shape index (κ1) is 71.3. The fourth-order valence-electron chi connectivity index (χ4n) is 8.00. The van der Waals surface area contributed by atoms with Crippen molar-refractivity contribution in [3.63, 3.8) is 0 Å². The van der Waals surface area contributed by atoms with E-state index in [-0.39, 0.29) is 37.5 Å². The molecule has 6 heteroatoms. The number of unbranched alkanes of at least 4 members (excludes halogenated alkanes) is 19. The summed E-state index contributed by atoms with van der Waals surface area (Å²) in [6.45, 7) is 6.29. The van der Waals surface area contributed by atoms with Crippen LogP contribution in [0.4, 0.5) is 0 Å². The number of rotatable bonds is 54. The lowest BCUT2D eigenvalue weighted by molar-refractivity contribution is -0.167. The van der Waals surface area contributed by atoms with Crippen LogP contribution in [0.3, 0.4) is 0 Å². The first-order chi connectivity index (χ1) is 37.5. The largest absolute Gasteiger partial charge is 0.462 e. The highest BCUT2D eigenvalue weighted by Crippen LogP contribution is 2.15. The molecule has 0 N–H and O–H groups in total. The topological polar surface area (TPSA) is 78.9 Å². The number of hydrogen-bond donors (Lipinski definition) is 0. The Morgan fingerprint density at radius 1 is 0.276 bits per heavy atom. The second-order valence-electron chi connectivity index (χ2n) is 19.8. The third-order valence-corrected chi connectivity index (χ3v) is 12.5. The van der Waals surface area contributed by atoms with Gasteiger partial charge in [-0.05, 0) is 135 Å². The van der Waals surface area contributed by atoms with Crippen molar-refractivity contribution in [2.45, 2.75) is 264 Å². The normalized spacial score (nSPS) is 13.1. The zero-order chi connectivity index (χ0) is 55.0. The van der Waals surface area contributed by atoms with E-state index in [1.165, 1.54) is 70.6 Å². The minimum atomic E-state index is -0.808. The maximum atomic E-state index is 12.8. The first-order valence-electron chi connectivity index (χ1n) is 30.8. The van der Waals surface area contributed by atoms with Gasteiger partial charge in [-0.3, -0.25) is 14.4 Å². The molecule has 0 amide bonds. The Morgan fingerprint density at radius 3 is 0.842 bits per heavy atom. The molecule has 0 radical (unpaired) electrons. The van der Waals surface area contributed by atoms with Gasteiger partial charge in [-0.25, -0.2) is 0 Å². The van der Waals surface area contributed by atoms with Crippen LogP contribution in [0.5, 0.6) is 0 Å². The first-order valence-corrected chi connectivity index (χ1v) is 30.8. The number of ether oxygens (including phenoxy) is 3. The van der Waals surface area contributed by atoms with Gasteiger partial charge in [-0.2, -0.15) is 0 Å². The summed E-state index contributed by atoms with van der Waals surface area (Å²) in [6.07, 6.45) is 90.1. The molecule has 1 atom stereocenters. The molecule has 0 heterocycles. The van der Waals surface area contributed by atoms with Crippen LogP contribution in [0.1, 0.15) is 258 Å². The Bertz CT molecular complexity index is 1680. The van der Waals surface area contributed by atoms with Gasteiger partial charge < -0.3 is 14.2 Å². The predicted molar refractivity (Wildman–Crippen MR) is 329 cm³/mol. The average molecular weight is 1050 g/mol. The molecule has 0 aromatic rings. The maximum Gasteiger partial charge on any atom is 0.306 e. The van der Waals surface area contributed by atoms with Crippen molar-refractivity contribution in [1.82, 2.24) is 0 Å². The van der Waals surface area contributed by atoms with Gasteiger partial charge in [-0.15, -0.1) is 0 Å². The number of allylic oxidation sites excluding steroid dienone is 24. The monoisotopic (exact) mass is 1050 g/mol. The standard InChI is InChI=1S/C70H112O6/c1-4-7-10-13-16-19-22-24-26-27-28-29-30-31-32-33-34-35-36-37-38-39-40-41-42-43-45-46-48-51-54-57-60-63-69(72)75-66-67(65-74-68(71)62-59-56-53-50-21-18-15-12-9-6-3)76-70(73)64-61-58-55-52-49-47-44-25-23-20-17-14-11-8-5-2/h7-8,10-12,15-17,19-20,24-26,28-29,31-32,34-35,37-38,44,49,52,67H,4-6,9,13-14,18,21-23,27,30,33,36,39-43,45-48,50-51,53-66H2,1-3H3/b10-7-,11-8-,15-12-,19-16-,20-17-,26-24-,29-28-,32-31-,35-34-,38-37-,44-25-,52-49-. The molecular formula is C70H112O6. The van der Waals surface area contributed by atoms with E-state index in [1.54, 1.807) is 0 Å². The Balaban J connectivity index is 4.22. The SMILES string of the molecule is CC/C=C\C/C=C\C/C=C\C/C=C\C/C=C\C/C=C\C/C=C\CCCCCCCCCCCCCC(=O)OCC(COC(=O)CCCCCCC/C=C\CCC)OC(=O)CCCC/C=C\C/C=C\C/C=C\C/C=C\CC. The smallest absolute Gasteiger partial charge is 0.306 e. The average Bonchev–Trinajstić information content (AvgIpc) is 3.42. The summed E-state index contributed by atoms with van der Waals surface area (Å²) in [7, 11) is 0. The molecule has 0 saturated heterocycles. The van der Waals surface area contributed by atoms with Crippen LogP contribution in [0.2, 0.25) is 0 Å². The molecule has 0 aliphatic carbocycles. The molecule has 76 heavy (non-hydrogen) atoms. The highest BCUT2D eigenvalue weighted by atomic mass is 16.6. The zero-order valence-corrected chi connectivity index (χ0v) is 49.0. The summed E-state index contributed by atoms with van der Waals surface area (Å²) < 4.78 is 16.8. The van der Waals surface area contributed by atoms with Gasteiger partial charge in [0.05, 0.1) is 0 Å². The van der Waals surface area contributed by atoms with E-state index in [4.69, 9.17) is 14.2 Å². The number of carbonyl (C=O) groups is 3. The summed E-state index contributed by atoms with van der Waals surface area (Å²) in [5, 5.41) is 0. The van der Waals surface area contributed by atoms with Gasteiger partial charge in [0.1, 0.15) is 13.2 Å². The van der Waals surface area contributed by atoms with Crippen LogP contribution in [-0.4, -0.2) is 37.2 Å². The summed E-state index contributed by atoms with van der Waals surface area (Å²) in [5.74, 6) is -0.963. The van der Waals surface area contributed by atoms with Crippen molar-refractivity contribution >= 4 is 17.9 Å². The highest BCUT2D eigenvalue weighted by Gasteiger charge is 2.19. The fraction of sp³-hybridized carbons (Fsp3) is 0.614. The second-order valence-corrected chi connectivity index (χ2v) is 19.8. The molecule has 0 aromatic carbocycles. The van der Waals surface area contributed by atoms with Gasteiger partial charge >= 0.3 is 17.9 Å². The third-order valence-electron chi connectivity index (χ3n) is 12.5. The van der Waals surface area contributed by atoms with Crippen molar-refractivity contribution < 1.29 is 28.6 Å². The van der Waals surface area contributed by atoms with Crippen molar-refractivity contribution in [3.8, 4) is 0 Å². The molecule has 6 nitrogen and oxygen atoms in total. The molecule has 1 unspecified atom stereocenters. The van der Waals surface area contributed by atoms with Crippen molar-refractivity contribution in [2.75, 3.05) is 13.2 Å². The van der Waals surface area contributed by atoms with Crippen molar-refractivity contribution in [2.24, 2.45) is 0 Å². The van der Waals surface area contributed by atoms with Gasteiger partial charge in [0, 0.05) is 19.3 Å². The van der Waals surface area contributed by atoms with Crippen LogP contribution in [0, 0.1) is 0 Å². The van der Waals surface area contributed by atoms with E-state index >= 15 is 0 Å². The van der Waals surface area contributed by atoms with E-state index in [9.17, 15) is 14.4 Å². The molecule has 0 fully saturated rings. The summed E-state index contributed by atoms with van der Waals surface area (Å²) in [6, 6.07) is 0. The lowest BCUT2D eigenvalue weighted by atomic mass is 10.0. The molecule has 0 bridgehead atoms. The van der Waals surface area contributed by atoms with Crippen LogP contribution in [0.15, 0.2) is 146 Å². The van der Waals surface area contributed by atoms with Crippen molar-refractivity contribution in [3.05, 3.63) is 146 Å². The summed E-state index contributed by atoms with van der Waals surface area (Å²) in [5.41, 5.74) is 0.